The largest absolute Gasteiger partial charge is 0.478 e. The molecule has 1 aliphatic heterocycles. The lowest BCUT2D eigenvalue weighted by Crippen LogP contribution is -2.44. The van der Waals surface area contributed by atoms with Crippen LogP contribution in [0.15, 0.2) is 47.5 Å². The number of sulfonamides is 1. The molecule has 2 heterocycles. The maximum Gasteiger partial charge on any atom is 0.337 e. The van der Waals surface area contributed by atoms with Gasteiger partial charge in [0.15, 0.2) is 0 Å². The molecule has 2 aromatic rings. The first kappa shape index (κ1) is 19.8. The molecule has 144 valence electrons. The van der Waals surface area contributed by atoms with E-state index in [0.717, 1.165) is 31.4 Å². The van der Waals surface area contributed by atoms with Crippen LogP contribution in [-0.4, -0.2) is 48.5 Å². The van der Waals surface area contributed by atoms with E-state index < -0.39 is 16.0 Å². The predicted molar refractivity (Wildman–Crippen MR) is 101 cm³/mol. The molecule has 0 atom stereocenters. The Morgan fingerprint density at radius 1 is 1.26 bits per heavy atom. The van der Waals surface area contributed by atoms with Crippen molar-refractivity contribution in [3.8, 4) is 0 Å². The third-order valence-electron chi connectivity index (χ3n) is 4.48. The van der Waals surface area contributed by atoms with E-state index in [4.69, 9.17) is 11.6 Å². The second kappa shape index (κ2) is 8.35. The van der Waals surface area contributed by atoms with E-state index in [1.807, 2.05) is 18.2 Å². The highest BCUT2D eigenvalue weighted by molar-refractivity contribution is 7.89. The van der Waals surface area contributed by atoms with Gasteiger partial charge < -0.3 is 5.11 Å². The Hall–Kier alpha value is -2.00. The van der Waals surface area contributed by atoms with Gasteiger partial charge in [-0.25, -0.2) is 17.9 Å². The number of nitrogens with one attached hydrogen (secondary N) is 1. The molecule has 1 aromatic heterocycles. The van der Waals surface area contributed by atoms with Gasteiger partial charge in [-0.2, -0.15) is 0 Å². The molecule has 1 aromatic carbocycles. The van der Waals surface area contributed by atoms with E-state index in [9.17, 15) is 18.3 Å². The molecule has 1 fully saturated rings. The summed E-state index contributed by atoms with van der Waals surface area (Å²) in [6, 6.07) is 9.27. The van der Waals surface area contributed by atoms with E-state index in [1.165, 1.54) is 12.1 Å². The Morgan fingerprint density at radius 2 is 2.00 bits per heavy atom. The van der Waals surface area contributed by atoms with Crippen molar-refractivity contribution in [2.24, 2.45) is 0 Å². The lowest BCUT2D eigenvalue weighted by molar-refractivity contribution is 0.0692. The van der Waals surface area contributed by atoms with Crippen LogP contribution in [0.25, 0.3) is 0 Å². The minimum atomic E-state index is -3.95. The number of likely N-dealkylation sites (tertiary alicyclic amines) is 1. The van der Waals surface area contributed by atoms with Crippen LogP contribution >= 0.6 is 11.6 Å². The maximum atomic E-state index is 12.7. The highest BCUT2D eigenvalue weighted by atomic mass is 35.5. The van der Waals surface area contributed by atoms with Crippen LogP contribution in [0.3, 0.4) is 0 Å². The number of piperidine rings is 1. The molecule has 9 heteroatoms. The third kappa shape index (κ3) is 5.04. The average molecular weight is 410 g/mol. The monoisotopic (exact) mass is 409 g/mol. The summed E-state index contributed by atoms with van der Waals surface area (Å²) in [5, 5.41) is 9.45. The summed E-state index contributed by atoms with van der Waals surface area (Å²) in [4.78, 5) is 17.6. The molecule has 0 aliphatic carbocycles. The molecule has 0 amide bonds. The first-order valence-electron chi connectivity index (χ1n) is 8.52. The molecule has 0 bridgehead atoms. The van der Waals surface area contributed by atoms with Gasteiger partial charge in [0.25, 0.3) is 0 Å². The number of pyridine rings is 1. The van der Waals surface area contributed by atoms with Crippen molar-refractivity contribution in [1.29, 1.82) is 0 Å². The molecule has 2 N–H and O–H groups in total. The molecule has 0 unspecified atom stereocenters. The minimum absolute atomic E-state index is 0.175. The Morgan fingerprint density at radius 3 is 2.63 bits per heavy atom. The SMILES string of the molecule is O=C(O)c1cc(Cl)ccc1S(=O)(=O)NC1CCN(Cc2ccccn2)CC1. The molecule has 0 saturated carbocycles. The smallest absolute Gasteiger partial charge is 0.337 e. The summed E-state index contributed by atoms with van der Waals surface area (Å²) in [6.07, 6.45) is 3.03. The van der Waals surface area contributed by atoms with Crippen LogP contribution in [-0.2, 0) is 16.6 Å². The van der Waals surface area contributed by atoms with Crippen LogP contribution in [0.4, 0.5) is 0 Å². The molecular weight excluding hydrogens is 390 g/mol. The number of hydrogen-bond donors (Lipinski definition) is 2. The summed E-state index contributed by atoms with van der Waals surface area (Å²) < 4.78 is 28.0. The zero-order valence-corrected chi connectivity index (χ0v) is 16.1. The van der Waals surface area contributed by atoms with Crippen molar-refractivity contribution in [1.82, 2.24) is 14.6 Å². The number of benzene rings is 1. The number of carboxylic acid groups (broad SMARTS) is 1. The topological polar surface area (TPSA) is 99.6 Å². The van der Waals surface area contributed by atoms with Gasteiger partial charge in [-0.05, 0) is 43.2 Å². The fraction of sp³-hybridized carbons (Fsp3) is 0.333. The van der Waals surface area contributed by atoms with Gasteiger partial charge >= 0.3 is 5.97 Å². The molecule has 0 spiro atoms. The number of rotatable bonds is 6. The number of carbonyl (C=O) groups is 1. The van der Waals surface area contributed by atoms with E-state index in [1.54, 1.807) is 6.20 Å². The van der Waals surface area contributed by atoms with Crippen molar-refractivity contribution in [3.05, 3.63) is 58.9 Å². The molecular formula is C18H20ClN3O4S. The predicted octanol–water partition coefficient (Wildman–Crippen LogP) is 2.38. The van der Waals surface area contributed by atoms with Gasteiger partial charge in [0.1, 0.15) is 0 Å². The summed E-state index contributed by atoms with van der Waals surface area (Å²) in [7, 11) is -3.95. The lowest BCUT2D eigenvalue weighted by Gasteiger charge is -2.32. The van der Waals surface area contributed by atoms with Gasteiger partial charge in [-0.15, -0.1) is 0 Å². The lowest BCUT2D eigenvalue weighted by atomic mass is 10.1. The fourth-order valence-electron chi connectivity index (χ4n) is 3.12. The molecule has 0 radical (unpaired) electrons. The molecule has 1 aliphatic rings. The minimum Gasteiger partial charge on any atom is -0.478 e. The molecule has 1 saturated heterocycles. The van der Waals surface area contributed by atoms with E-state index in [2.05, 4.69) is 14.6 Å². The zero-order chi connectivity index (χ0) is 19.4. The van der Waals surface area contributed by atoms with Gasteiger partial charge in [-0.1, -0.05) is 17.7 Å². The molecule has 3 rings (SSSR count). The van der Waals surface area contributed by atoms with Gasteiger partial charge in [-0.3, -0.25) is 9.88 Å². The van der Waals surface area contributed by atoms with Gasteiger partial charge in [0, 0.05) is 36.9 Å². The quantitative estimate of drug-likeness (QED) is 0.759. The van der Waals surface area contributed by atoms with Crippen LogP contribution < -0.4 is 4.72 Å². The highest BCUT2D eigenvalue weighted by Crippen LogP contribution is 2.22. The van der Waals surface area contributed by atoms with Crippen molar-refractivity contribution >= 4 is 27.6 Å². The standard InChI is InChI=1S/C18H20ClN3O4S/c19-13-4-5-17(16(11-13)18(23)24)27(25,26)21-14-6-9-22(10-7-14)12-15-3-1-2-8-20-15/h1-5,8,11,14,21H,6-7,9-10,12H2,(H,23,24). The van der Waals surface area contributed by atoms with Crippen molar-refractivity contribution < 1.29 is 18.3 Å². The second-order valence-corrected chi connectivity index (χ2v) is 8.56. The number of aromatic carboxylic acids is 1. The number of halogens is 1. The number of aromatic nitrogens is 1. The second-order valence-electron chi connectivity index (χ2n) is 6.44. The van der Waals surface area contributed by atoms with Crippen molar-refractivity contribution in [2.45, 2.75) is 30.3 Å². The highest BCUT2D eigenvalue weighted by Gasteiger charge is 2.28. The number of carboxylic acids is 1. The summed E-state index contributed by atoms with van der Waals surface area (Å²) in [5.74, 6) is -1.33. The Labute approximate surface area is 163 Å². The van der Waals surface area contributed by atoms with E-state index >= 15 is 0 Å². The van der Waals surface area contributed by atoms with Gasteiger partial charge in [0.2, 0.25) is 10.0 Å². The number of nitrogens with zero attached hydrogens (tertiary/aromatic N) is 2. The van der Waals surface area contributed by atoms with Crippen LogP contribution in [0, 0.1) is 0 Å². The van der Waals surface area contributed by atoms with Crippen molar-refractivity contribution in [3.63, 3.8) is 0 Å². The Balaban J connectivity index is 1.64. The third-order valence-corrected chi connectivity index (χ3v) is 6.30. The molecule has 27 heavy (non-hydrogen) atoms. The Bertz CT molecular complexity index is 913. The fourth-order valence-corrected chi connectivity index (χ4v) is 4.77. The first-order valence-corrected chi connectivity index (χ1v) is 10.4. The van der Waals surface area contributed by atoms with Crippen molar-refractivity contribution in [2.75, 3.05) is 13.1 Å². The van der Waals surface area contributed by atoms with Gasteiger partial charge in [0.05, 0.1) is 16.2 Å². The number of hydrogen-bond acceptors (Lipinski definition) is 5. The average Bonchev–Trinajstić information content (AvgIpc) is 2.63. The zero-order valence-electron chi connectivity index (χ0n) is 14.5. The summed E-state index contributed by atoms with van der Waals surface area (Å²) in [5.41, 5.74) is 0.645. The van der Waals surface area contributed by atoms with Crippen LogP contribution in [0.1, 0.15) is 28.9 Å². The summed E-state index contributed by atoms with van der Waals surface area (Å²) in [6.45, 7) is 2.19. The van der Waals surface area contributed by atoms with E-state index in [0.29, 0.717) is 12.8 Å². The summed E-state index contributed by atoms with van der Waals surface area (Å²) >= 11 is 5.80. The maximum absolute atomic E-state index is 12.7. The van der Waals surface area contributed by atoms with E-state index in [-0.39, 0.29) is 21.5 Å². The van der Waals surface area contributed by atoms with Crippen LogP contribution in [0.5, 0.6) is 0 Å². The molecule has 7 nitrogen and oxygen atoms in total. The normalized spacial score (nSPS) is 16.3. The Kier molecular flexibility index (Phi) is 6.11. The van der Waals surface area contributed by atoms with Crippen LogP contribution in [0.2, 0.25) is 5.02 Å². The first-order chi connectivity index (χ1) is 12.8.